The van der Waals surface area contributed by atoms with E-state index in [-0.39, 0.29) is 0 Å². The van der Waals surface area contributed by atoms with E-state index in [1.807, 2.05) is 0 Å². The van der Waals surface area contributed by atoms with Crippen molar-refractivity contribution in [2.75, 3.05) is 43.6 Å². The molecule has 2 aromatic carbocycles. The predicted octanol–water partition coefficient (Wildman–Crippen LogP) is 5.65. The Balaban J connectivity index is 1.75. The van der Waals surface area contributed by atoms with Crippen LogP contribution in [0.1, 0.15) is 49.8 Å². The summed E-state index contributed by atoms with van der Waals surface area (Å²) in [7, 11) is 1.75. The van der Waals surface area contributed by atoms with Crippen molar-refractivity contribution < 1.29 is 4.74 Å². The largest absolute Gasteiger partial charge is 0.385 e. The number of fused-ring (bicyclic) bond motifs is 1. The van der Waals surface area contributed by atoms with Crippen molar-refractivity contribution in [3.05, 3.63) is 59.2 Å². The van der Waals surface area contributed by atoms with Gasteiger partial charge >= 0.3 is 0 Å². The molecule has 0 fully saturated rings. The summed E-state index contributed by atoms with van der Waals surface area (Å²) in [4.78, 5) is 4.81. The first kappa shape index (κ1) is 23.6. The van der Waals surface area contributed by atoms with Crippen molar-refractivity contribution in [3.63, 3.8) is 0 Å². The SMILES string of the molecule is CCCN1CCCc2cc(CN(CCCOC)C(=S)Nc3ccccc3CC)ccc21. The first-order valence-corrected chi connectivity index (χ1v) is 12.1. The van der Waals surface area contributed by atoms with Gasteiger partial charge in [-0.2, -0.15) is 0 Å². The predicted molar refractivity (Wildman–Crippen MR) is 136 cm³/mol. The molecule has 0 unspecified atom stereocenters. The quantitative estimate of drug-likeness (QED) is 0.382. The minimum Gasteiger partial charge on any atom is -0.385 e. The molecule has 1 N–H and O–H groups in total. The second kappa shape index (κ2) is 12.1. The molecule has 0 saturated carbocycles. The zero-order chi connectivity index (χ0) is 22.1. The van der Waals surface area contributed by atoms with E-state index in [0.29, 0.717) is 0 Å². The Morgan fingerprint density at radius 3 is 2.81 bits per heavy atom. The number of anilines is 2. The van der Waals surface area contributed by atoms with Crippen LogP contribution in [0, 0.1) is 0 Å². The Kier molecular flexibility index (Phi) is 9.16. The summed E-state index contributed by atoms with van der Waals surface area (Å²) >= 11 is 5.85. The summed E-state index contributed by atoms with van der Waals surface area (Å²) in [5.74, 6) is 0. The van der Waals surface area contributed by atoms with E-state index < -0.39 is 0 Å². The second-order valence-electron chi connectivity index (χ2n) is 8.26. The zero-order valence-corrected chi connectivity index (χ0v) is 20.1. The van der Waals surface area contributed by atoms with Crippen LogP contribution < -0.4 is 10.2 Å². The highest BCUT2D eigenvalue weighted by molar-refractivity contribution is 7.80. The maximum atomic E-state index is 5.85. The van der Waals surface area contributed by atoms with E-state index in [9.17, 15) is 0 Å². The molecule has 1 heterocycles. The van der Waals surface area contributed by atoms with Gasteiger partial charge in [0.15, 0.2) is 5.11 Å². The Morgan fingerprint density at radius 2 is 2.03 bits per heavy atom. The van der Waals surface area contributed by atoms with E-state index in [0.717, 1.165) is 49.9 Å². The van der Waals surface area contributed by atoms with Crippen molar-refractivity contribution >= 4 is 28.7 Å². The maximum Gasteiger partial charge on any atom is 0.173 e. The van der Waals surface area contributed by atoms with Gasteiger partial charge < -0.3 is 19.9 Å². The number of rotatable bonds is 10. The van der Waals surface area contributed by atoms with Gasteiger partial charge in [-0.1, -0.05) is 44.2 Å². The van der Waals surface area contributed by atoms with Crippen LogP contribution in [0.3, 0.4) is 0 Å². The molecule has 0 atom stereocenters. The Labute approximate surface area is 193 Å². The Bertz CT molecular complexity index is 854. The smallest absolute Gasteiger partial charge is 0.173 e. The van der Waals surface area contributed by atoms with Crippen LogP contribution in [0.4, 0.5) is 11.4 Å². The fourth-order valence-electron chi connectivity index (χ4n) is 4.35. The van der Waals surface area contributed by atoms with Crippen LogP contribution in [0.2, 0.25) is 0 Å². The standard InChI is InChI=1S/C26H37N3OS/c1-4-15-28-16-8-11-23-19-21(13-14-25(23)28)20-29(17-9-18-30-3)26(31)27-24-12-7-6-10-22(24)5-2/h6-7,10,12-14,19H,4-5,8-9,11,15-18,20H2,1-3H3,(H,27,31). The molecule has 4 nitrogen and oxygen atoms in total. The van der Waals surface area contributed by atoms with Crippen molar-refractivity contribution in [2.45, 2.75) is 52.5 Å². The molecule has 31 heavy (non-hydrogen) atoms. The van der Waals surface area contributed by atoms with Gasteiger partial charge in [0.2, 0.25) is 0 Å². The van der Waals surface area contributed by atoms with Crippen molar-refractivity contribution in [2.24, 2.45) is 0 Å². The summed E-state index contributed by atoms with van der Waals surface area (Å²) in [5.41, 5.74) is 6.60. The molecule has 3 rings (SSSR count). The molecule has 0 bridgehead atoms. The van der Waals surface area contributed by atoms with E-state index in [1.54, 1.807) is 7.11 Å². The Morgan fingerprint density at radius 1 is 1.19 bits per heavy atom. The van der Waals surface area contributed by atoms with Gasteiger partial charge in [-0.15, -0.1) is 0 Å². The number of methoxy groups -OCH3 is 1. The molecule has 0 amide bonds. The van der Waals surface area contributed by atoms with Gasteiger partial charge in [-0.05, 0) is 73.1 Å². The average Bonchev–Trinajstić information content (AvgIpc) is 2.79. The number of ether oxygens (including phenoxy) is 1. The number of hydrogen-bond donors (Lipinski definition) is 1. The normalized spacial score (nSPS) is 13.1. The number of benzene rings is 2. The third-order valence-electron chi connectivity index (χ3n) is 5.93. The molecule has 1 aliphatic heterocycles. The minimum atomic E-state index is 0.737. The number of nitrogens with one attached hydrogen (secondary N) is 1. The third kappa shape index (κ3) is 6.44. The highest BCUT2D eigenvalue weighted by Crippen LogP contribution is 2.29. The lowest BCUT2D eigenvalue weighted by molar-refractivity contribution is 0.185. The fraction of sp³-hybridized carbons (Fsp3) is 0.500. The number of para-hydroxylation sites is 1. The number of nitrogens with zero attached hydrogens (tertiary/aromatic N) is 2. The van der Waals surface area contributed by atoms with Gasteiger partial charge in [0.05, 0.1) is 0 Å². The highest BCUT2D eigenvalue weighted by atomic mass is 32.1. The molecular weight excluding hydrogens is 402 g/mol. The molecule has 0 spiro atoms. The molecule has 0 radical (unpaired) electrons. The molecule has 0 aromatic heterocycles. The van der Waals surface area contributed by atoms with E-state index in [4.69, 9.17) is 17.0 Å². The van der Waals surface area contributed by atoms with Crippen LogP contribution in [-0.4, -0.2) is 43.4 Å². The number of hydrogen-bond acceptors (Lipinski definition) is 3. The van der Waals surface area contributed by atoms with Gasteiger partial charge in [-0.25, -0.2) is 0 Å². The first-order chi connectivity index (χ1) is 15.2. The number of aryl methyl sites for hydroxylation is 2. The molecule has 1 aliphatic rings. The summed E-state index contributed by atoms with van der Waals surface area (Å²) in [5, 5.41) is 4.28. The molecule has 168 valence electrons. The lowest BCUT2D eigenvalue weighted by Gasteiger charge is -2.32. The minimum absolute atomic E-state index is 0.737. The molecule has 0 aliphatic carbocycles. The van der Waals surface area contributed by atoms with Crippen LogP contribution in [0.5, 0.6) is 0 Å². The Hall–Kier alpha value is -2.11. The summed E-state index contributed by atoms with van der Waals surface area (Å²) in [6.45, 7) is 9.16. The van der Waals surface area contributed by atoms with E-state index in [2.05, 4.69) is 71.4 Å². The summed E-state index contributed by atoms with van der Waals surface area (Å²) in [6, 6.07) is 15.4. The number of thiocarbonyl (C=S) groups is 1. The second-order valence-corrected chi connectivity index (χ2v) is 8.65. The van der Waals surface area contributed by atoms with Crippen LogP contribution >= 0.6 is 12.2 Å². The summed E-state index contributed by atoms with van der Waals surface area (Å²) < 4.78 is 5.29. The molecule has 5 heteroatoms. The average molecular weight is 440 g/mol. The van der Waals surface area contributed by atoms with E-state index >= 15 is 0 Å². The maximum absolute atomic E-state index is 5.85. The van der Waals surface area contributed by atoms with Crippen molar-refractivity contribution in [1.29, 1.82) is 0 Å². The topological polar surface area (TPSA) is 27.7 Å². The lowest BCUT2D eigenvalue weighted by Crippen LogP contribution is -2.36. The molecule has 0 saturated heterocycles. The van der Waals surface area contributed by atoms with Crippen molar-refractivity contribution in [3.8, 4) is 0 Å². The van der Waals surface area contributed by atoms with Gasteiger partial charge in [-0.3, -0.25) is 0 Å². The highest BCUT2D eigenvalue weighted by Gasteiger charge is 2.18. The molecular formula is C26H37N3OS. The third-order valence-corrected chi connectivity index (χ3v) is 6.29. The zero-order valence-electron chi connectivity index (χ0n) is 19.3. The van der Waals surface area contributed by atoms with Gasteiger partial charge in [0.1, 0.15) is 0 Å². The van der Waals surface area contributed by atoms with Crippen LogP contribution in [0.25, 0.3) is 0 Å². The first-order valence-electron chi connectivity index (χ1n) is 11.7. The fourth-order valence-corrected chi connectivity index (χ4v) is 4.61. The molecule has 2 aromatic rings. The van der Waals surface area contributed by atoms with Crippen LogP contribution in [-0.2, 0) is 24.1 Å². The van der Waals surface area contributed by atoms with Gasteiger partial charge in [0.25, 0.3) is 0 Å². The van der Waals surface area contributed by atoms with E-state index in [1.165, 1.54) is 48.2 Å². The monoisotopic (exact) mass is 439 g/mol. The lowest BCUT2D eigenvalue weighted by atomic mass is 9.99. The van der Waals surface area contributed by atoms with Crippen molar-refractivity contribution in [1.82, 2.24) is 4.90 Å². The summed E-state index contributed by atoms with van der Waals surface area (Å²) in [6.07, 6.45) is 5.52. The van der Waals surface area contributed by atoms with Crippen LogP contribution in [0.15, 0.2) is 42.5 Å². The van der Waals surface area contributed by atoms with Gasteiger partial charge in [0, 0.05) is 51.3 Å².